The van der Waals surface area contributed by atoms with Gasteiger partial charge in [-0.15, -0.1) is 0 Å². The third-order valence-electron chi connectivity index (χ3n) is 5.25. The minimum Gasteiger partial charge on any atom is -0.381 e. The molecule has 6 nitrogen and oxygen atoms in total. The van der Waals surface area contributed by atoms with Crippen molar-refractivity contribution in [2.24, 2.45) is 18.9 Å². The Labute approximate surface area is 143 Å². The van der Waals surface area contributed by atoms with Gasteiger partial charge >= 0.3 is 0 Å². The lowest BCUT2D eigenvalue weighted by Crippen LogP contribution is -2.30. The van der Waals surface area contributed by atoms with Crippen LogP contribution in [0, 0.1) is 11.8 Å². The number of aryl methyl sites for hydroxylation is 1. The zero-order valence-corrected chi connectivity index (χ0v) is 14.5. The van der Waals surface area contributed by atoms with E-state index in [0.717, 1.165) is 45.3 Å². The lowest BCUT2D eigenvalue weighted by atomic mass is 9.86. The van der Waals surface area contributed by atoms with Crippen molar-refractivity contribution in [1.82, 2.24) is 24.2 Å². The van der Waals surface area contributed by atoms with E-state index in [1.165, 1.54) is 30.5 Å². The van der Waals surface area contributed by atoms with Crippen molar-refractivity contribution in [3.63, 3.8) is 0 Å². The zero-order valence-electron chi connectivity index (χ0n) is 14.5. The molecule has 24 heavy (non-hydrogen) atoms. The van der Waals surface area contributed by atoms with Gasteiger partial charge in [-0.25, -0.2) is 4.98 Å². The van der Waals surface area contributed by atoms with Crippen LogP contribution in [0.15, 0.2) is 24.9 Å². The van der Waals surface area contributed by atoms with E-state index in [9.17, 15) is 0 Å². The van der Waals surface area contributed by atoms with Crippen molar-refractivity contribution in [1.29, 1.82) is 0 Å². The number of fused-ring (bicyclic) bond motifs is 1. The van der Waals surface area contributed by atoms with Crippen LogP contribution in [0.25, 0.3) is 0 Å². The lowest BCUT2D eigenvalue weighted by molar-refractivity contribution is 0.0358. The number of hydrogen-bond acceptors (Lipinski definition) is 4. The van der Waals surface area contributed by atoms with Crippen LogP contribution in [-0.2, 0) is 31.4 Å². The first-order valence-electron chi connectivity index (χ1n) is 9.03. The fourth-order valence-corrected chi connectivity index (χ4v) is 3.74. The van der Waals surface area contributed by atoms with Gasteiger partial charge < -0.3 is 9.30 Å². The number of imidazole rings is 1. The van der Waals surface area contributed by atoms with Crippen LogP contribution >= 0.6 is 0 Å². The maximum absolute atomic E-state index is 6.05. The summed E-state index contributed by atoms with van der Waals surface area (Å²) in [5.74, 6) is 1.32. The van der Waals surface area contributed by atoms with Crippen LogP contribution in [0.2, 0.25) is 0 Å². The summed E-state index contributed by atoms with van der Waals surface area (Å²) in [6, 6.07) is 0. The Bertz CT molecular complexity index is 660. The van der Waals surface area contributed by atoms with E-state index in [0.29, 0.717) is 5.92 Å². The SMILES string of the molecule is Cn1cc(CN2Cc3cncn3C[C@@H](COCC3CCC3)C2)cn1. The van der Waals surface area contributed by atoms with Gasteiger partial charge in [0.15, 0.2) is 0 Å². The molecule has 1 saturated carbocycles. The van der Waals surface area contributed by atoms with Crippen LogP contribution in [0.3, 0.4) is 0 Å². The van der Waals surface area contributed by atoms with Gasteiger partial charge in [0.05, 0.1) is 24.8 Å². The Morgan fingerprint density at radius 1 is 1.17 bits per heavy atom. The molecule has 2 aromatic heterocycles. The molecule has 0 aromatic carbocycles. The second kappa shape index (κ2) is 7.07. The third-order valence-corrected chi connectivity index (χ3v) is 5.25. The first kappa shape index (κ1) is 15.8. The first-order valence-corrected chi connectivity index (χ1v) is 9.03. The largest absolute Gasteiger partial charge is 0.381 e. The van der Waals surface area contributed by atoms with Gasteiger partial charge in [-0.2, -0.15) is 5.10 Å². The molecule has 6 heteroatoms. The molecule has 130 valence electrons. The average Bonchev–Trinajstić information content (AvgIpc) is 3.07. The summed E-state index contributed by atoms with van der Waals surface area (Å²) >= 11 is 0. The molecule has 3 heterocycles. The van der Waals surface area contributed by atoms with Gasteiger partial charge in [-0.3, -0.25) is 9.58 Å². The number of ether oxygens (including phenoxy) is 1. The van der Waals surface area contributed by atoms with Gasteiger partial charge in [0, 0.05) is 63.7 Å². The molecule has 2 aliphatic rings. The van der Waals surface area contributed by atoms with Gasteiger partial charge in [-0.1, -0.05) is 6.42 Å². The van der Waals surface area contributed by atoms with E-state index in [2.05, 4.69) is 25.7 Å². The monoisotopic (exact) mass is 329 g/mol. The highest BCUT2D eigenvalue weighted by Gasteiger charge is 2.24. The summed E-state index contributed by atoms with van der Waals surface area (Å²) in [6.45, 7) is 5.71. The number of hydrogen-bond donors (Lipinski definition) is 0. The summed E-state index contributed by atoms with van der Waals surface area (Å²) in [6.07, 6.45) is 12.1. The summed E-state index contributed by atoms with van der Waals surface area (Å²) < 4.78 is 10.2. The van der Waals surface area contributed by atoms with E-state index in [1.807, 2.05) is 30.5 Å². The maximum atomic E-state index is 6.05. The quantitative estimate of drug-likeness (QED) is 0.814. The Kier molecular flexibility index (Phi) is 4.67. The predicted octanol–water partition coefficient (Wildman–Crippen LogP) is 2.07. The van der Waals surface area contributed by atoms with E-state index in [-0.39, 0.29) is 0 Å². The molecule has 0 unspecified atom stereocenters. The van der Waals surface area contributed by atoms with Crippen LogP contribution in [0.1, 0.15) is 30.5 Å². The molecule has 0 amide bonds. The van der Waals surface area contributed by atoms with Crippen molar-refractivity contribution in [3.05, 3.63) is 36.2 Å². The average molecular weight is 329 g/mol. The molecule has 2 aromatic rings. The third kappa shape index (κ3) is 3.70. The first-order chi connectivity index (χ1) is 11.8. The Morgan fingerprint density at radius 3 is 2.79 bits per heavy atom. The topological polar surface area (TPSA) is 48.1 Å². The van der Waals surface area contributed by atoms with Gasteiger partial charge in [0.2, 0.25) is 0 Å². The minimum absolute atomic E-state index is 0.511. The fourth-order valence-electron chi connectivity index (χ4n) is 3.74. The highest BCUT2D eigenvalue weighted by molar-refractivity contribution is 5.06. The maximum Gasteiger partial charge on any atom is 0.0948 e. The second-order valence-corrected chi connectivity index (χ2v) is 7.43. The number of nitrogens with zero attached hydrogens (tertiary/aromatic N) is 5. The van der Waals surface area contributed by atoms with Crippen molar-refractivity contribution in [2.75, 3.05) is 19.8 Å². The van der Waals surface area contributed by atoms with Crippen molar-refractivity contribution < 1.29 is 4.74 Å². The van der Waals surface area contributed by atoms with Gasteiger partial charge in [-0.05, 0) is 18.8 Å². The summed E-state index contributed by atoms with van der Waals surface area (Å²) in [5.41, 5.74) is 2.56. The van der Waals surface area contributed by atoms with Gasteiger partial charge in [0.25, 0.3) is 0 Å². The standard InChI is InChI=1S/C18H27N5O/c1-21-7-16(5-20-21)8-22-9-17(13-24-12-15-3-2-4-15)10-23-14-19-6-18(23)11-22/h5-7,14-15,17H,2-4,8-13H2,1H3/t17-/m0/s1. The molecular weight excluding hydrogens is 302 g/mol. The molecule has 0 N–H and O–H groups in total. The van der Waals surface area contributed by atoms with Crippen LogP contribution in [0.4, 0.5) is 0 Å². The molecular formula is C18H27N5O. The molecule has 1 atom stereocenters. The summed E-state index contributed by atoms with van der Waals surface area (Å²) in [5, 5.41) is 4.29. The molecule has 0 saturated heterocycles. The number of rotatable bonds is 6. The molecule has 4 rings (SSSR count). The smallest absolute Gasteiger partial charge is 0.0948 e. The van der Waals surface area contributed by atoms with Crippen LogP contribution < -0.4 is 0 Å². The molecule has 1 fully saturated rings. The predicted molar refractivity (Wildman–Crippen MR) is 91.2 cm³/mol. The minimum atomic E-state index is 0.511. The highest BCUT2D eigenvalue weighted by atomic mass is 16.5. The van der Waals surface area contributed by atoms with Crippen molar-refractivity contribution in [2.45, 2.75) is 38.9 Å². The van der Waals surface area contributed by atoms with Crippen LogP contribution in [0.5, 0.6) is 0 Å². The molecule has 1 aliphatic carbocycles. The zero-order chi connectivity index (χ0) is 16.4. The van der Waals surface area contributed by atoms with E-state index < -0.39 is 0 Å². The van der Waals surface area contributed by atoms with E-state index in [4.69, 9.17) is 4.74 Å². The number of aromatic nitrogens is 4. The lowest BCUT2D eigenvalue weighted by Gasteiger charge is -2.27. The molecule has 0 bridgehead atoms. The van der Waals surface area contributed by atoms with Crippen LogP contribution in [-0.4, -0.2) is 44.0 Å². The van der Waals surface area contributed by atoms with Crippen molar-refractivity contribution >= 4 is 0 Å². The van der Waals surface area contributed by atoms with E-state index >= 15 is 0 Å². The normalized spacial score (nSPS) is 22.1. The van der Waals surface area contributed by atoms with Crippen molar-refractivity contribution in [3.8, 4) is 0 Å². The summed E-state index contributed by atoms with van der Waals surface area (Å²) in [7, 11) is 1.97. The Balaban J connectivity index is 1.39. The fraction of sp³-hybridized carbons (Fsp3) is 0.667. The molecule has 0 radical (unpaired) electrons. The Morgan fingerprint density at radius 2 is 2.04 bits per heavy atom. The molecule has 1 aliphatic heterocycles. The van der Waals surface area contributed by atoms with Gasteiger partial charge in [0.1, 0.15) is 0 Å². The Hall–Kier alpha value is -1.66. The second-order valence-electron chi connectivity index (χ2n) is 7.43. The summed E-state index contributed by atoms with van der Waals surface area (Å²) in [4.78, 5) is 6.83. The highest BCUT2D eigenvalue weighted by Crippen LogP contribution is 2.26. The van der Waals surface area contributed by atoms with E-state index in [1.54, 1.807) is 0 Å². The molecule has 0 spiro atoms.